The molecule has 0 radical (unpaired) electrons. The fraction of sp³-hybridized carbons (Fsp3) is 0.312. The van der Waals surface area contributed by atoms with Crippen LogP contribution in [0.4, 0.5) is 4.39 Å². The number of hydrogen-bond acceptors (Lipinski definition) is 5. The summed E-state index contributed by atoms with van der Waals surface area (Å²) in [5.41, 5.74) is -0.148. The molecule has 1 aromatic carbocycles. The predicted molar refractivity (Wildman–Crippen MR) is 87.6 cm³/mol. The van der Waals surface area contributed by atoms with Gasteiger partial charge in [-0.05, 0) is 24.3 Å². The third kappa shape index (κ3) is 3.94. The van der Waals surface area contributed by atoms with Gasteiger partial charge in [0.1, 0.15) is 18.2 Å². The first-order valence-corrected chi connectivity index (χ1v) is 8.47. The third-order valence-electron chi connectivity index (χ3n) is 3.57. The molecule has 1 aliphatic heterocycles. The normalized spacial score (nSPS) is 16.3. The largest absolute Gasteiger partial charge is 0.492 e. The molecule has 0 saturated carbocycles. The molecule has 1 aromatic heterocycles. The molecule has 0 bridgehead atoms. The minimum absolute atomic E-state index is 0.119. The summed E-state index contributed by atoms with van der Waals surface area (Å²) in [6.07, 6.45) is 1.48. The number of rotatable bonds is 5. The van der Waals surface area contributed by atoms with Crippen LogP contribution >= 0.6 is 11.8 Å². The van der Waals surface area contributed by atoms with Crippen molar-refractivity contribution in [1.29, 1.82) is 0 Å². The van der Waals surface area contributed by atoms with E-state index in [0.717, 1.165) is 0 Å². The van der Waals surface area contributed by atoms with Crippen molar-refractivity contribution < 1.29 is 13.9 Å². The van der Waals surface area contributed by atoms with Gasteiger partial charge >= 0.3 is 0 Å². The number of benzene rings is 1. The van der Waals surface area contributed by atoms with E-state index in [1.54, 1.807) is 0 Å². The first kappa shape index (κ1) is 16.5. The molecule has 3 rings (SSSR count). The summed E-state index contributed by atoms with van der Waals surface area (Å²) in [5.74, 6) is 0.406. The lowest BCUT2D eigenvalue weighted by molar-refractivity contribution is -0.124. The van der Waals surface area contributed by atoms with Gasteiger partial charge in [-0.2, -0.15) is 0 Å². The van der Waals surface area contributed by atoms with Crippen LogP contribution in [0.2, 0.25) is 0 Å². The molecule has 2 aromatic rings. The second-order valence-electron chi connectivity index (χ2n) is 5.28. The highest BCUT2D eigenvalue weighted by molar-refractivity contribution is 7.99. The Balaban J connectivity index is 1.47. The van der Waals surface area contributed by atoms with E-state index in [9.17, 15) is 14.0 Å². The number of nitrogens with zero attached hydrogens (tertiary/aromatic N) is 2. The van der Waals surface area contributed by atoms with Gasteiger partial charge in [0, 0.05) is 24.6 Å². The number of fused-ring (bicyclic) bond motifs is 1. The van der Waals surface area contributed by atoms with E-state index in [0.29, 0.717) is 29.7 Å². The Bertz CT molecular complexity index is 779. The molecule has 1 amide bonds. The maximum Gasteiger partial charge on any atom is 0.254 e. The van der Waals surface area contributed by atoms with Gasteiger partial charge in [0.25, 0.3) is 5.56 Å². The van der Waals surface area contributed by atoms with E-state index in [1.165, 1.54) is 52.9 Å². The SMILES string of the molecule is O=C(NCCOc1ccc(F)cc1)C1CSc2nccc(=O)n2C1. The lowest BCUT2D eigenvalue weighted by Crippen LogP contribution is -2.40. The van der Waals surface area contributed by atoms with Gasteiger partial charge < -0.3 is 10.1 Å². The van der Waals surface area contributed by atoms with Crippen LogP contribution < -0.4 is 15.6 Å². The van der Waals surface area contributed by atoms with E-state index in [2.05, 4.69) is 10.3 Å². The van der Waals surface area contributed by atoms with Crippen LogP contribution in [0.15, 0.2) is 46.5 Å². The Labute approximate surface area is 142 Å². The van der Waals surface area contributed by atoms with Crippen LogP contribution in [0.3, 0.4) is 0 Å². The van der Waals surface area contributed by atoms with Gasteiger partial charge in [-0.1, -0.05) is 11.8 Å². The predicted octanol–water partition coefficient (Wildman–Crippen LogP) is 1.30. The molecule has 1 atom stereocenters. The first-order valence-electron chi connectivity index (χ1n) is 7.48. The molecule has 1 aliphatic rings. The second-order valence-corrected chi connectivity index (χ2v) is 6.26. The van der Waals surface area contributed by atoms with E-state index in [4.69, 9.17) is 4.74 Å². The van der Waals surface area contributed by atoms with Crippen LogP contribution in [-0.2, 0) is 11.3 Å². The Kier molecular flexibility index (Phi) is 5.14. The molecular formula is C16H16FN3O3S. The molecule has 0 fully saturated rings. The average molecular weight is 349 g/mol. The molecular weight excluding hydrogens is 333 g/mol. The zero-order valence-corrected chi connectivity index (χ0v) is 13.6. The number of ether oxygens (including phenoxy) is 1. The lowest BCUT2D eigenvalue weighted by Gasteiger charge is -2.23. The number of halogens is 1. The fourth-order valence-electron chi connectivity index (χ4n) is 2.33. The molecule has 2 heterocycles. The average Bonchev–Trinajstić information content (AvgIpc) is 2.60. The molecule has 0 saturated heterocycles. The number of carbonyl (C=O) groups excluding carboxylic acids is 1. The van der Waals surface area contributed by atoms with E-state index >= 15 is 0 Å². The van der Waals surface area contributed by atoms with Gasteiger partial charge in [-0.25, -0.2) is 9.37 Å². The summed E-state index contributed by atoms with van der Waals surface area (Å²) in [6, 6.07) is 7.09. The topological polar surface area (TPSA) is 73.2 Å². The van der Waals surface area contributed by atoms with Crippen molar-refractivity contribution in [1.82, 2.24) is 14.9 Å². The van der Waals surface area contributed by atoms with Gasteiger partial charge in [-0.15, -0.1) is 0 Å². The summed E-state index contributed by atoms with van der Waals surface area (Å²) in [4.78, 5) is 28.2. The van der Waals surface area contributed by atoms with Crippen LogP contribution in [0.1, 0.15) is 0 Å². The highest BCUT2D eigenvalue weighted by Gasteiger charge is 2.26. The first-order chi connectivity index (χ1) is 11.6. The number of carbonyl (C=O) groups is 1. The zero-order chi connectivity index (χ0) is 16.9. The number of aromatic nitrogens is 2. The molecule has 126 valence electrons. The highest BCUT2D eigenvalue weighted by Crippen LogP contribution is 2.24. The van der Waals surface area contributed by atoms with Crippen molar-refractivity contribution >= 4 is 17.7 Å². The van der Waals surface area contributed by atoms with Crippen LogP contribution in [0.25, 0.3) is 0 Å². The number of nitrogens with one attached hydrogen (secondary N) is 1. The van der Waals surface area contributed by atoms with Gasteiger partial charge in [0.05, 0.1) is 12.5 Å². The highest BCUT2D eigenvalue weighted by atomic mass is 32.2. The smallest absolute Gasteiger partial charge is 0.254 e. The van der Waals surface area contributed by atoms with Gasteiger partial charge in [0.2, 0.25) is 5.91 Å². The van der Waals surface area contributed by atoms with Crippen LogP contribution in [0.5, 0.6) is 5.75 Å². The van der Waals surface area contributed by atoms with E-state index < -0.39 is 0 Å². The summed E-state index contributed by atoms with van der Waals surface area (Å²) in [5, 5.41) is 3.44. The standard InChI is InChI=1S/C16H16FN3O3S/c17-12-1-3-13(4-2-12)23-8-7-18-15(22)11-9-20-14(21)5-6-19-16(20)24-10-11/h1-6,11H,7-10H2,(H,18,22). The summed E-state index contributed by atoms with van der Waals surface area (Å²) in [6.45, 7) is 0.959. The quantitative estimate of drug-likeness (QED) is 0.651. The summed E-state index contributed by atoms with van der Waals surface area (Å²) in [7, 11) is 0. The minimum atomic E-state index is -0.324. The van der Waals surface area contributed by atoms with Crippen molar-refractivity contribution in [3.05, 3.63) is 52.7 Å². The summed E-state index contributed by atoms with van der Waals surface area (Å²) < 4.78 is 19.7. The Morgan fingerprint density at radius 2 is 2.17 bits per heavy atom. The van der Waals surface area contributed by atoms with Crippen molar-refractivity contribution in [2.45, 2.75) is 11.7 Å². The Hall–Kier alpha value is -2.35. The van der Waals surface area contributed by atoms with E-state index in [-0.39, 0.29) is 29.8 Å². The number of amides is 1. The van der Waals surface area contributed by atoms with Crippen molar-refractivity contribution in [3.8, 4) is 5.75 Å². The molecule has 1 unspecified atom stereocenters. The molecule has 6 nitrogen and oxygen atoms in total. The molecule has 24 heavy (non-hydrogen) atoms. The second kappa shape index (κ2) is 7.48. The maximum atomic E-state index is 12.8. The molecule has 0 spiro atoms. The number of hydrogen-bond donors (Lipinski definition) is 1. The maximum absolute atomic E-state index is 12.8. The van der Waals surface area contributed by atoms with Crippen molar-refractivity contribution in [3.63, 3.8) is 0 Å². The van der Waals surface area contributed by atoms with Crippen molar-refractivity contribution in [2.75, 3.05) is 18.9 Å². The van der Waals surface area contributed by atoms with Crippen LogP contribution in [-0.4, -0.2) is 34.4 Å². The van der Waals surface area contributed by atoms with Gasteiger partial charge in [0.15, 0.2) is 5.16 Å². The van der Waals surface area contributed by atoms with Crippen molar-refractivity contribution in [2.24, 2.45) is 5.92 Å². The van der Waals surface area contributed by atoms with Gasteiger partial charge in [-0.3, -0.25) is 14.2 Å². The van der Waals surface area contributed by atoms with Crippen LogP contribution in [0, 0.1) is 11.7 Å². The third-order valence-corrected chi connectivity index (χ3v) is 4.72. The minimum Gasteiger partial charge on any atom is -0.492 e. The number of thioether (sulfide) groups is 1. The summed E-state index contributed by atoms with van der Waals surface area (Å²) >= 11 is 1.40. The fourth-order valence-corrected chi connectivity index (χ4v) is 3.39. The lowest BCUT2D eigenvalue weighted by atomic mass is 10.1. The molecule has 8 heteroatoms. The molecule has 1 N–H and O–H groups in total. The Morgan fingerprint density at radius 3 is 2.96 bits per heavy atom. The molecule has 0 aliphatic carbocycles. The zero-order valence-electron chi connectivity index (χ0n) is 12.8. The monoisotopic (exact) mass is 349 g/mol. The Morgan fingerprint density at radius 1 is 1.38 bits per heavy atom. The van der Waals surface area contributed by atoms with E-state index in [1.807, 2.05) is 0 Å².